The van der Waals surface area contributed by atoms with Gasteiger partial charge in [-0.3, -0.25) is 4.90 Å². The molecule has 0 radical (unpaired) electrons. The maximum absolute atomic E-state index is 13.1. The minimum atomic E-state index is -2.53. The van der Waals surface area contributed by atoms with Gasteiger partial charge in [-0.05, 0) is 25.8 Å². The van der Waals surface area contributed by atoms with Crippen molar-refractivity contribution >= 4 is 0 Å². The van der Waals surface area contributed by atoms with E-state index in [1.807, 2.05) is 4.90 Å². The van der Waals surface area contributed by atoms with Crippen molar-refractivity contribution in [1.29, 1.82) is 0 Å². The first-order chi connectivity index (χ1) is 6.08. The lowest BCUT2D eigenvalue weighted by molar-refractivity contribution is 0.00902. The molecule has 2 saturated heterocycles. The second kappa shape index (κ2) is 2.89. The van der Waals surface area contributed by atoms with Gasteiger partial charge >= 0.3 is 0 Å². The first-order valence-electron chi connectivity index (χ1n) is 4.82. The van der Waals surface area contributed by atoms with Gasteiger partial charge in [-0.1, -0.05) is 0 Å². The molecule has 2 heterocycles. The van der Waals surface area contributed by atoms with Gasteiger partial charge in [-0.15, -0.1) is 0 Å². The lowest BCUT2D eigenvalue weighted by Gasteiger charge is -2.30. The van der Waals surface area contributed by atoms with Gasteiger partial charge in [0.2, 0.25) is 0 Å². The zero-order valence-corrected chi connectivity index (χ0v) is 7.60. The Morgan fingerprint density at radius 2 is 2.15 bits per heavy atom. The Labute approximate surface area is 76.5 Å². The molecule has 0 unspecified atom stereocenters. The number of alkyl halides is 2. The number of rotatable bonds is 2. The first-order valence-corrected chi connectivity index (χ1v) is 4.82. The second-order valence-electron chi connectivity index (χ2n) is 4.26. The molecule has 0 bridgehead atoms. The number of halogens is 2. The fourth-order valence-electron chi connectivity index (χ4n) is 2.84. The molecule has 2 aliphatic rings. The molecule has 2 aliphatic heterocycles. The van der Waals surface area contributed by atoms with E-state index in [2.05, 4.69) is 0 Å². The summed E-state index contributed by atoms with van der Waals surface area (Å²) in [4.78, 5) is 1.86. The van der Waals surface area contributed by atoms with E-state index in [0.717, 1.165) is 19.4 Å². The summed E-state index contributed by atoms with van der Waals surface area (Å²) in [7, 11) is 0. The number of nitrogens with zero attached hydrogens (tertiary/aromatic N) is 1. The van der Waals surface area contributed by atoms with E-state index in [-0.39, 0.29) is 25.1 Å². The normalized spacial score (nSPS) is 38.1. The highest BCUT2D eigenvalue weighted by atomic mass is 19.3. The van der Waals surface area contributed by atoms with E-state index in [9.17, 15) is 8.78 Å². The highest BCUT2D eigenvalue weighted by Crippen LogP contribution is 2.47. The predicted molar refractivity (Wildman–Crippen MR) is 44.8 cm³/mol. The average Bonchev–Trinajstić information content (AvgIpc) is 2.40. The maximum Gasteiger partial charge on any atom is 0.262 e. The molecule has 0 aromatic carbocycles. The Balaban J connectivity index is 2.15. The van der Waals surface area contributed by atoms with Crippen LogP contribution in [0.4, 0.5) is 8.78 Å². The Bertz CT molecular complexity index is 210. The van der Waals surface area contributed by atoms with Crippen molar-refractivity contribution in [3.63, 3.8) is 0 Å². The molecular weight excluding hydrogens is 176 g/mol. The molecular formula is C9H15F2NO. The standard InChI is InChI=1S/C9H15F2NO/c10-9(11)6-8(3-5-13)2-1-4-12(8)7-9/h13H,1-7H2/t8-/m0/s1. The summed E-state index contributed by atoms with van der Waals surface area (Å²) < 4.78 is 26.2. The minimum absolute atomic E-state index is 0.0204. The Hall–Kier alpha value is -0.220. The number of aliphatic hydroxyl groups excluding tert-OH is 1. The lowest BCUT2D eigenvalue weighted by atomic mass is 9.90. The van der Waals surface area contributed by atoms with Gasteiger partial charge in [0.05, 0.1) is 6.54 Å². The van der Waals surface area contributed by atoms with Crippen molar-refractivity contribution in [3.05, 3.63) is 0 Å². The van der Waals surface area contributed by atoms with Crippen LogP contribution in [0.1, 0.15) is 25.7 Å². The smallest absolute Gasteiger partial charge is 0.262 e. The van der Waals surface area contributed by atoms with Gasteiger partial charge in [0.15, 0.2) is 0 Å². The highest BCUT2D eigenvalue weighted by molar-refractivity contribution is 5.05. The molecule has 2 rings (SSSR count). The van der Waals surface area contributed by atoms with E-state index >= 15 is 0 Å². The molecule has 0 spiro atoms. The third kappa shape index (κ3) is 1.46. The predicted octanol–water partition coefficient (Wildman–Crippen LogP) is 1.24. The number of fused-ring (bicyclic) bond motifs is 1. The number of aliphatic hydroxyl groups is 1. The van der Waals surface area contributed by atoms with Gasteiger partial charge in [0.1, 0.15) is 0 Å². The van der Waals surface area contributed by atoms with Gasteiger partial charge in [0.25, 0.3) is 5.92 Å². The van der Waals surface area contributed by atoms with Gasteiger partial charge < -0.3 is 5.11 Å². The maximum atomic E-state index is 13.1. The molecule has 2 nitrogen and oxygen atoms in total. The van der Waals surface area contributed by atoms with Gasteiger partial charge in [-0.2, -0.15) is 0 Å². The van der Waals surface area contributed by atoms with Crippen LogP contribution < -0.4 is 0 Å². The van der Waals surface area contributed by atoms with Crippen molar-refractivity contribution in [2.75, 3.05) is 19.7 Å². The van der Waals surface area contributed by atoms with E-state index in [1.165, 1.54) is 0 Å². The summed E-state index contributed by atoms with van der Waals surface area (Å²) in [6, 6.07) is 0. The van der Waals surface area contributed by atoms with Crippen molar-refractivity contribution in [2.24, 2.45) is 0 Å². The van der Waals surface area contributed by atoms with Crippen LogP contribution in [0.25, 0.3) is 0 Å². The molecule has 4 heteroatoms. The summed E-state index contributed by atoms with van der Waals surface area (Å²) in [6.07, 6.45) is 2.27. The van der Waals surface area contributed by atoms with Crippen LogP contribution in [0.15, 0.2) is 0 Å². The van der Waals surface area contributed by atoms with Crippen LogP contribution in [0.2, 0.25) is 0 Å². The van der Waals surface area contributed by atoms with Gasteiger partial charge in [0, 0.05) is 18.6 Å². The van der Waals surface area contributed by atoms with Crippen molar-refractivity contribution in [2.45, 2.75) is 37.1 Å². The SMILES string of the molecule is OCC[C@]12CCCN1CC(F)(F)C2. The molecule has 0 aromatic heterocycles. The van der Waals surface area contributed by atoms with E-state index in [1.54, 1.807) is 0 Å². The van der Waals surface area contributed by atoms with Crippen LogP contribution in [-0.2, 0) is 0 Å². The quantitative estimate of drug-likeness (QED) is 0.710. The first kappa shape index (κ1) is 9.34. The van der Waals surface area contributed by atoms with E-state index in [0.29, 0.717) is 6.42 Å². The zero-order valence-electron chi connectivity index (χ0n) is 7.60. The van der Waals surface area contributed by atoms with Crippen molar-refractivity contribution < 1.29 is 13.9 Å². The van der Waals surface area contributed by atoms with Crippen LogP contribution in [0.5, 0.6) is 0 Å². The highest BCUT2D eigenvalue weighted by Gasteiger charge is 2.55. The molecule has 76 valence electrons. The van der Waals surface area contributed by atoms with Crippen LogP contribution >= 0.6 is 0 Å². The number of hydrogen-bond acceptors (Lipinski definition) is 2. The molecule has 13 heavy (non-hydrogen) atoms. The molecule has 0 amide bonds. The summed E-state index contributed by atoms with van der Waals surface area (Å²) in [5.74, 6) is -2.53. The van der Waals surface area contributed by atoms with Crippen LogP contribution in [0, 0.1) is 0 Å². The summed E-state index contributed by atoms with van der Waals surface area (Å²) in [5.41, 5.74) is -0.377. The molecule has 2 fully saturated rings. The van der Waals surface area contributed by atoms with Gasteiger partial charge in [-0.25, -0.2) is 8.78 Å². The van der Waals surface area contributed by atoms with Crippen LogP contribution in [0.3, 0.4) is 0 Å². The fraction of sp³-hybridized carbons (Fsp3) is 1.00. The molecule has 1 atom stereocenters. The zero-order chi connectivity index (χ0) is 9.53. The van der Waals surface area contributed by atoms with Crippen molar-refractivity contribution in [3.8, 4) is 0 Å². The van der Waals surface area contributed by atoms with E-state index < -0.39 is 5.92 Å². The van der Waals surface area contributed by atoms with Crippen LogP contribution in [-0.4, -0.2) is 41.2 Å². The lowest BCUT2D eigenvalue weighted by Crippen LogP contribution is -2.38. The molecule has 1 N–H and O–H groups in total. The number of hydrogen-bond donors (Lipinski definition) is 1. The summed E-state index contributed by atoms with van der Waals surface area (Å²) in [6.45, 7) is 0.690. The molecule has 0 saturated carbocycles. The monoisotopic (exact) mass is 191 g/mol. The van der Waals surface area contributed by atoms with E-state index in [4.69, 9.17) is 5.11 Å². The fourth-order valence-corrected chi connectivity index (χ4v) is 2.84. The topological polar surface area (TPSA) is 23.5 Å². The second-order valence-corrected chi connectivity index (χ2v) is 4.26. The third-order valence-electron chi connectivity index (χ3n) is 3.33. The Morgan fingerprint density at radius 3 is 2.85 bits per heavy atom. The van der Waals surface area contributed by atoms with Crippen molar-refractivity contribution in [1.82, 2.24) is 4.90 Å². The summed E-state index contributed by atoms with van der Waals surface area (Å²) in [5, 5.41) is 8.87. The summed E-state index contributed by atoms with van der Waals surface area (Å²) >= 11 is 0. The molecule has 0 aliphatic carbocycles. The molecule has 0 aromatic rings. The minimum Gasteiger partial charge on any atom is -0.396 e. The average molecular weight is 191 g/mol. The Morgan fingerprint density at radius 1 is 1.38 bits per heavy atom. The third-order valence-corrected chi connectivity index (χ3v) is 3.33. The Kier molecular flexibility index (Phi) is 2.07. The largest absolute Gasteiger partial charge is 0.396 e.